The SMILES string of the molecule is CN1CCOc2c(NCCCO)nn3c(-c4cccc(OC(F)(F)F)c4)nnc3c21. The molecule has 1 aliphatic heterocycles. The van der Waals surface area contributed by atoms with Gasteiger partial charge in [-0.15, -0.1) is 28.5 Å². The fourth-order valence-electron chi connectivity index (χ4n) is 3.17. The Bertz CT molecular complexity index is 1060. The first-order chi connectivity index (χ1) is 14.4. The Balaban J connectivity index is 1.82. The molecular formula is C18H19F3N6O3. The van der Waals surface area contributed by atoms with E-state index in [1.165, 1.54) is 22.7 Å². The summed E-state index contributed by atoms with van der Waals surface area (Å²) in [5, 5.41) is 25.0. The third-order valence-corrected chi connectivity index (χ3v) is 4.49. The lowest BCUT2D eigenvalue weighted by atomic mass is 10.2. The molecule has 3 aromatic rings. The van der Waals surface area contributed by atoms with E-state index in [-0.39, 0.29) is 18.2 Å². The van der Waals surface area contributed by atoms with Crippen molar-refractivity contribution >= 4 is 17.2 Å². The number of ether oxygens (including phenoxy) is 2. The molecule has 0 amide bonds. The molecule has 1 aliphatic rings. The van der Waals surface area contributed by atoms with Crippen molar-refractivity contribution < 1.29 is 27.8 Å². The van der Waals surface area contributed by atoms with Crippen LogP contribution in [0.1, 0.15) is 6.42 Å². The van der Waals surface area contributed by atoms with E-state index in [2.05, 4.69) is 25.3 Å². The monoisotopic (exact) mass is 424 g/mol. The zero-order chi connectivity index (χ0) is 21.3. The van der Waals surface area contributed by atoms with Gasteiger partial charge in [0, 0.05) is 25.8 Å². The molecule has 0 saturated carbocycles. The maximum Gasteiger partial charge on any atom is 0.573 e. The number of benzene rings is 1. The van der Waals surface area contributed by atoms with Crippen LogP contribution in [0.15, 0.2) is 24.3 Å². The molecule has 2 aromatic heterocycles. The van der Waals surface area contributed by atoms with Crippen molar-refractivity contribution in [2.24, 2.45) is 0 Å². The van der Waals surface area contributed by atoms with Crippen LogP contribution in [0.5, 0.6) is 11.5 Å². The molecule has 0 radical (unpaired) electrons. The summed E-state index contributed by atoms with van der Waals surface area (Å²) in [5.41, 5.74) is 1.44. The first-order valence-electron chi connectivity index (χ1n) is 9.21. The van der Waals surface area contributed by atoms with Crippen molar-refractivity contribution in [1.29, 1.82) is 0 Å². The lowest BCUT2D eigenvalue weighted by Gasteiger charge is -2.28. The molecule has 2 N–H and O–H groups in total. The van der Waals surface area contributed by atoms with Crippen molar-refractivity contribution in [2.45, 2.75) is 12.8 Å². The number of hydrogen-bond acceptors (Lipinski definition) is 8. The van der Waals surface area contributed by atoms with Gasteiger partial charge in [-0.2, -0.15) is 4.52 Å². The van der Waals surface area contributed by atoms with Crippen LogP contribution >= 0.6 is 0 Å². The fourth-order valence-corrected chi connectivity index (χ4v) is 3.17. The Labute approximate surface area is 169 Å². The van der Waals surface area contributed by atoms with Crippen LogP contribution < -0.4 is 19.7 Å². The Morgan fingerprint density at radius 1 is 1.30 bits per heavy atom. The minimum absolute atomic E-state index is 0.0159. The Morgan fingerprint density at radius 3 is 2.90 bits per heavy atom. The highest BCUT2D eigenvalue weighted by atomic mass is 19.4. The number of nitrogens with one attached hydrogen (secondary N) is 1. The van der Waals surface area contributed by atoms with E-state index < -0.39 is 6.36 Å². The number of rotatable bonds is 6. The maximum absolute atomic E-state index is 12.6. The van der Waals surface area contributed by atoms with Gasteiger partial charge in [-0.1, -0.05) is 12.1 Å². The first kappa shape index (κ1) is 20.0. The first-order valence-corrected chi connectivity index (χ1v) is 9.21. The fraction of sp³-hybridized carbons (Fsp3) is 0.389. The number of alkyl halides is 3. The molecule has 9 nitrogen and oxygen atoms in total. The molecule has 0 fully saturated rings. The number of anilines is 2. The number of nitrogens with zero attached hydrogens (tertiary/aromatic N) is 5. The lowest BCUT2D eigenvalue weighted by molar-refractivity contribution is -0.274. The lowest BCUT2D eigenvalue weighted by Crippen LogP contribution is -2.30. The Morgan fingerprint density at radius 2 is 2.13 bits per heavy atom. The van der Waals surface area contributed by atoms with Crippen molar-refractivity contribution in [2.75, 3.05) is 43.6 Å². The van der Waals surface area contributed by atoms with E-state index in [0.29, 0.717) is 54.6 Å². The third kappa shape index (κ3) is 3.90. The average molecular weight is 424 g/mol. The second-order valence-corrected chi connectivity index (χ2v) is 6.63. The molecule has 0 bridgehead atoms. The number of aliphatic hydroxyl groups excluding tert-OH is 1. The summed E-state index contributed by atoms with van der Waals surface area (Å²) in [6.45, 7) is 1.57. The summed E-state index contributed by atoms with van der Waals surface area (Å²) < 4.78 is 49.0. The van der Waals surface area contributed by atoms with Crippen LogP contribution in [0.2, 0.25) is 0 Å². The average Bonchev–Trinajstić information content (AvgIpc) is 3.11. The van der Waals surface area contributed by atoms with Gasteiger partial charge >= 0.3 is 6.36 Å². The quantitative estimate of drug-likeness (QED) is 0.582. The molecule has 4 rings (SSSR count). The van der Waals surface area contributed by atoms with Crippen molar-refractivity contribution in [3.8, 4) is 22.9 Å². The predicted molar refractivity (Wildman–Crippen MR) is 102 cm³/mol. The molecule has 30 heavy (non-hydrogen) atoms. The minimum atomic E-state index is -4.80. The van der Waals surface area contributed by atoms with E-state index in [1.54, 1.807) is 6.07 Å². The third-order valence-electron chi connectivity index (χ3n) is 4.49. The Kier molecular flexibility index (Phi) is 5.24. The smallest absolute Gasteiger partial charge is 0.486 e. The van der Waals surface area contributed by atoms with Gasteiger partial charge in [0.05, 0.1) is 6.54 Å². The van der Waals surface area contributed by atoms with Crippen LogP contribution in [-0.4, -0.2) is 64.6 Å². The predicted octanol–water partition coefficient (Wildman–Crippen LogP) is 2.31. The van der Waals surface area contributed by atoms with E-state index in [4.69, 9.17) is 9.84 Å². The molecule has 0 unspecified atom stereocenters. The molecular weight excluding hydrogens is 405 g/mol. The van der Waals surface area contributed by atoms with E-state index >= 15 is 0 Å². The van der Waals surface area contributed by atoms with E-state index in [9.17, 15) is 13.2 Å². The van der Waals surface area contributed by atoms with Crippen molar-refractivity contribution in [3.05, 3.63) is 24.3 Å². The number of hydrogen-bond donors (Lipinski definition) is 2. The van der Waals surface area contributed by atoms with Gasteiger partial charge in [0.1, 0.15) is 18.0 Å². The zero-order valence-electron chi connectivity index (χ0n) is 16.0. The molecule has 12 heteroatoms. The van der Waals surface area contributed by atoms with E-state index in [1.807, 2.05) is 11.9 Å². The summed E-state index contributed by atoms with van der Waals surface area (Å²) in [6.07, 6.45) is -4.29. The topological polar surface area (TPSA) is 97.0 Å². The number of aromatic nitrogens is 4. The number of halogens is 3. The normalized spacial score (nSPS) is 13.8. The molecule has 0 aliphatic carbocycles. The Hall–Kier alpha value is -3.28. The summed E-state index contributed by atoms with van der Waals surface area (Å²) in [5.74, 6) is 0.838. The van der Waals surface area contributed by atoms with Crippen molar-refractivity contribution in [3.63, 3.8) is 0 Å². The van der Waals surface area contributed by atoms with E-state index in [0.717, 1.165) is 0 Å². The standard InChI is InChI=1S/C18H19F3N6O3/c1-26-7-9-29-14-13(26)17-24-23-16(27(17)25-15(14)22-6-3-8-28)11-4-2-5-12(10-11)30-18(19,20)21/h2,4-5,10,28H,3,6-9H2,1H3,(H,22,25). The molecule has 0 spiro atoms. The maximum atomic E-state index is 12.6. The zero-order valence-corrected chi connectivity index (χ0v) is 16.0. The van der Waals surface area contributed by atoms with Crippen LogP contribution in [0, 0.1) is 0 Å². The van der Waals surface area contributed by atoms with Gasteiger partial charge in [0.15, 0.2) is 17.4 Å². The largest absolute Gasteiger partial charge is 0.573 e. The molecule has 0 atom stereocenters. The highest BCUT2D eigenvalue weighted by molar-refractivity contribution is 5.83. The number of likely N-dealkylation sites (N-methyl/N-ethyl adjacent to an activating group) is 1. The highest BCUT2D eigenvalue weighted by Gasteiger charge is 2.31. The van der Waals surface area contributed by atoms with Gasteiger partial charge in [0.25, 0.3) is 0 Å². The van der Waals surface area contributed by atoms with Gasteiger partial charge in [-0.25, -0.2) is 0 Å². The summed E-state index contributed by atoms with van der Waals surface area (Å²) in [7, 11) is 1.88. The van der Waals surface area contributed by atoms with Crippen LogP contribution in [-0.2, 0) is 0 Å². The molecule has 1 aromatic carbocycles. The molecule has 3 heterocycles. The molecule has 0 saturated heterocycles. The second kappa shape index (κ2) is 7.86. The molecule has 160 valence electrons. The van der Waals surface area contributed by atoms with Gasteiger partial charge < -0.3 is 24.8 Å². The van der Waals surface area contributed by atoms with Crippen molar-refractivity contribution in [1.82, 2.24) is 19.8 Å². The van der Waals surface area contributed by atoms with Gasteiger partial charge in [0.2, 0.25) is 5.65 Å². The van der Waals surface area contributed by atoms with Gasteiger partial charge in [-0.05, 0) is 18.6 Å². The van der Waals surface area contributed by atoms with Gasteiger partial charge in [-0.3, -0.25) is 0 Å². The van der Waals surface area contributed by atoms with Crippen LogP contribution in [0.3, 0.4) is 0 Å². The number of aliphatic hydroxyl groups is 1. The van der Waals surface area contributed by atoms with Crippen LogP contribution in [0.4, 0.5) is 24.7 Å². The minimum Gasteiger partial charge on any atom is -0.486 e. The highest BCUT2D eigenvalue weighted by Crippen LogP contribution is 2.40. The summed E-state index contributed by atoms with van der Waals surface area (Å²) in [4.78, 5) is 1.95. The second-order valence-electron chi connectivity index (χ2n) is 6.63. The summed E-state index contributed by atoms with van der Waals surface area (Å²) in [6, 6.07) is 5.47. The van der Waals surface area contributed by atoms with Crippen LogP contribution in [0.25, 0.3) is 17.0 Å². The number of fused-ring (bicyclic) bond motifs is 3. The summed E-state index contributed by atoms with van der Waals surface area (Å²) >= 11 is 0.